The van der Waals surface area contributed by atoms with Gasteiger partial charge in [-0.25, -0.2) is 0 Å². The van der Waals surface area contributed by atoms with E-state index in [2.05, 4.69) is 69.2 Å². The van der Waals surface area contributed by atoms with E-state index in [1.807, 2.05) is 0 Å². The third kappa shape index (κ3) is 11.6. The fraction of sp³-hybridized carbons (Fsp3) is 1.00. The van der Waals surface area contributed by atoms with Crippen LogP contribution in [0.5, 0.6) is 0 Å². The summed E-state index contributed by atoms with van der Waals surface area (Å²) in [6, 6.07) is 0. The van der Waals surface area contributed by atoms with Crippen LogP contribution >= 0.6 is 0 Å². The van der Waals surface area contributed by atoms with Gasteiger partial charge >= 0.3 is 0 Å². The lowest BCUT2D eigenvalue weighted by molar-refractivity contribution is 0.158. The lowest BCUT2D eigenvalue weighted by Crippen LogP contribution is -2.25. The number of hydrogen-bond acceptors (Lipinski definition) is 0. The van der Waals surface area contributed by atoms with Crippen molar-refractivity contribution in [3.8, 4) is 0 Å². The highest BCUT2D eigenvalue weighted by atomic mass is 14.3. The summed E-state index contributed by atoms with van der Waals surface area (Å²) in [7, 11) is 0. The molecule has 30 heavy (non-hydrogen) atoms. The Morgan fingerprint density at radius 3 is 1.37 bits per heavy atom. The summed E-state index contributed by atoms with van der Waals surface area (Å²) in [6.45, 7) is 24.7. The first-order valence-electron chi connectivity index (χ1n) is 14.2. The van der Waals surface area contributed by atoms with Gasteiger partial charge in [0.1, 0.15) is 0 Å². The largest absolute Gasteiger partial charge is 0.0654 e. The topological polar surface area (TPSA) is 0 Å². The lowest BCUT2D eigenvalue weighted by atomic mass is 9.71. The van der Waals surface area contributed by atoms with Crippen molar-refractivity contribution in [3.63, 3.8) is 0 Å². The molecule has 182 valence electrons. The van der Waals surface area contributed by atoms with E-state index in [1.54, 1.807) is 0 Å². The molecule has 0 aromatic carbocycles. The Bertz CT molecular complexity index is 372. The average molecular weight is 423 g/mol. The van der Waals surface area contributed by atoms with Crippen molar-refractivity contribution >= 4 is 0 Å². The fourth-order valence-corrected chi connectivity index (χ4v) is 6.64. The van der Waals surface area contributed by atoms with Crippen LogP contribution in [0.2, 0.25) is 0 Å². The van der Waals surface area contributed by atoms with Crippen LogP contribution in [0.4, 0.5) is 0 Å². The van der Waals surface area contributed by atoms with Gasteiger partial charge in [-0.3, -0.25) is 0 Å². The molecule has 0 nitrogen and oxygen atoms in total. The molecular formula is C30H62. The zero-order valence-corrected chi connectivity index (χ0v) is 23.1. The van der Waals surface area contributed by atoms with E-state index in [9.17, 15) is 0 Å². The molecule has 0 bridgehead atoms. The minimum atomic E-state index is 0.868. The summed E-state index contributed by atoms with van der Waals surface area (Å²) in [4.78, 5) is 0. The Morgan fingerprint density at radius 2 is 0.933 bits per heavy atom. The third-order valence-electron chi connectivity index (χ3n) is 8.85. The van der Waals surface area contributed by atoms with Gasteiger partial charge in [0, 0.05) is 0 Å². The van der Waals surface area contributed by atoms with Crippen LogP contribution in [0.25, 0.3) is 0 Å². The van der Waals surface area contributed by atoms with E-state index < -0.39 is 0 Å². The van der Waals surface area contributed by atoms with Crippen molar-refractivity contribution in [2.45, 2.75) is 146 Å². The van der Waals surface area contributed by atoms with Gasteiger partial charge in [0.25, 0.3) is 0 Å². The number of rotatable bonds is 19. The van der Waals surface area contributed by atoms with Crippen molar-refractivity contribution in [2.75, 3.05) is 0 Å². The molecule has 0 aliphatic rings. The maximum absolute atomic E-state index is 2.56. The summed E-state index contributed by atoms with van der Waals surface area (Å²) in [5, 5.41) is 0. The monoisotopic (exact) mass is 422 g/mol. The van der Waals surface area contributed by atoms with E-state index >= 15 is 0 Å². The quantitative estimate of drug-likeness (QED) is 0.181. The molecule has 8 unspecified atom stereocenters. The van der Waals surface area contributed by atoms with E-state index in [0.717, 1.165) is 47.3 Å². The van der Waals surface area contributed by atoms with Crippen LogP contribution in [0.1, 0.15) is 146 Å². The van der Waals surface area contributed by atoms with Crippen LogP contribution in [0.15, 0.2) is 0 Å². The molecule has 0 heteroatoms. The van der Waals surface area contributed by atoms with Gasteiger partial charge in [-0.2, -0.15) is 0 Å². The molecule has 0 saturated carbocycles. The van der Waals surface area contributed by atoms with Gasteiger partial charge in [0.2, 0.25) is 0 Å². The zero-order chi connectivity index (χ0) is 23.1. The molecule has 0 rings (SSSR count). The summed E-state index contributed by atoms with van der Waals surface area (Å²) in [5.74, 6) is 7.17. The fourth-order valence-electron chi connectivity index (χ4n) is 6.64. The van der Waals surface area contributed by atoms with Crippen molar-refractivity contribution in [1.29, 1.82) is 0 Å². The second-order valence-corrected chi connectivity index (χ2v) is 11.5. The zero-order valence-electron chi connectivity index (χ0n) is 23.1. The van der Waals surface area contributed by atoms with Gasteiger partial charge in [-0.1, -0.05) is 140 Å². The molecule has 0 aliphatic carbocycles. The Kier molecular flexibility index (Phi) is 17.5. The van der Waals surface area contributed by atoms with Crippen molar-refractivity contribution in [3.05, 3.63) is 0 Å². The van der Waals surface area contributed by atoms with Crippen LogP contribution in [0.3, 0.4) is 0 Å². The van der Waals surface area contributed by atoms with Gasteiger partial charge in [-0.15, -0.1) is 0 Å². The van der Waals surface area contributed by atoms with Crippen LogP contribution in [-0.4, -0.2) is 0 Å². The molecule has 0 N–H and O–H groups in total. The minimum absolute atomic E-state index is 0.868. The Hall–Kier alpha value is 0. The predicted octanol–water partition coefficient (Wildman–Crippen LogP) is 10.8. The van der Waals surface area contributed by atoms with Crippen molar-refractivity contribution in [1.82, 2.24) is 0 Å². The van der Waals surface area contributed by atoms with E-state index in [4.69, 9.17) is 0 Å². The lowest BCUT2D eigenvalue weighted by Gasteiger charge is -2.34. The first kappa shape index (κ1) is 30.0. The SMILES string of the molecule is CCCCC(C)C(CC)C(C)CCCCC(C)C(CC)C(C)C(C)CC(C)CCC. The summed E-state index contributed by atoms with van der Waals surface area (Å²) in [6.07, 6.45) is 16.8. The highest BCUT2D eigenvalue weighted by Crippen LogP contribution is 2.36. The number of hydrogen-bond donors (Lipinski definition) is 0. The van der Waals surface area contributed by atoms with Gasteiger partial charge in [0.15, 0.2) is 0 Å². The summed E-state index contributed by atoms with van der Waals surface area (Å²) in [5.41, 5.74) is 0. The Labute approximate surface area is 193 Å². The number of unbranched alkanes of at least 4 members (excludes halogenated alkanes) is 2. The maximum atomic E-state index is 2.56. The second-order valence-electron chi connectivity index (χ2n) is 11.5. The average Bonchev–Trinajstić information content (AvgIpc) is 2.70. The molecule has 0 radical (unpaired) electrons. The normalized spacial score (nSPS) is 20.2. The summed E-state index contributed by atoms with van der Waals surface area (Å²) < 4.78 is 0. The minimum Gasteiger partial charge on any atom is -0.0654 e. The molecule has 8 atom stereocenters. The van der Waals surface area contributed by atoms with Gasteiger partial charge in [-0.05, 0) is 53.8 Å². The van der Waals surface area contributed by atoms with Gasteiger partial charge in [0.05, 0.1) is 0 Å². The molecule has 0 aliphatic heterocycles. The molecule has 0 spiro atoms. The molecule has 0 fully saturated rings. The maximum Gasteiger partial charge on any atom is -0.0363 e. The highest BCUT2D eigenvalue weighted by Gasteiger charge is 2.27. The standard InChI is InChI=1S/C30H62/c1-11-15-19-24(6)29(13-3)25(7)20-16-17-21-26(8)30(14-4)28(10)27(9)22-23(5)18-12-2/h23-30H,11-22H2,1-10H3. The third-order valence-corrected chi connectivity index (χ3v) is 8.85. The van der Waals surface area contributed by atoms with Crippen LogP contribution < -0.4 is 0 Å². The molecule has 0 aromatic rings. The molecule has 0 amide bonds. The highest BCUT2D eigenvalue weighted by molar-refractivity contribution is 4.77. The Balaban J connectivity index is 4.42. The van der Waals surface area contributed by atoms with Crippen LogP contribution in [-0.2, 0) is 0 Å². The van der Waals surface area contributed by atoms with E-state index in [-0.39, 0.29) is 0 Å². The smallest absolute Gasteiger partial charge is 0.0363 e. The first-order valence-corrected chi connectivity index (χ1v) is 14.2. The molecule has 0 saturated heterocycles. The summed E-state index contributed by atoms with van der Waals surface area (Å²) >= 11 is 0. The molecule has 0 aromatic heterocycles. The van der Waals surface area contributed by atoms with Gasteiger partial charge < -0.3 is 0 Å². The first-order chi connectivity index (χ1) is 14.2. The second kappa shape index (κ2) is 17.5. The van der Waals surface area contributed by atoms with Crippen LogP contribution in [0, 0.1) is 47.3 Å². The Morgan fingerprint density at radius 1 is 0.467 bits per heavy atom. The van der Waals surface area contributed by atoms with E-state index in [0.29, 0.717) is 0 Å². The predicted molar refractivity (Wildman–Crippen MR) is 140 cm³/mol. The van der Waals surface area contributed by atoms with Crippen molar-refractivity contribution in [2.24, 2.45) is 47.3 Å². The van der Waals surface area contributed by atoms with Crippen molar-refractivity contribution < 1.29 is 0 Å². The van der Waals surface area contributed by atoms with E-state index in [1.165, 1.54) is 77.0 Å². The molecule has 0 heterocycles. The molecular weight excluding hydrogens is 360 g/mol.